The summed E-state index contributed by atoms with van der Waals surface area (Å²) in [5.74, 6) is -1.20. The van der Waals surface area contributed by atoms with Crippen LogP contribution in [-0.2, 0) is 23.9 Å². The third kappa shape index (κ3) is 4.37. The summed E-state index contributed by atoms with van der Waals surface area (Å²) in [5, 5.41) is 12.7. The van der Waals surface area contributed by atoms with Crippen LogP contribution in [0.2, 0.25) is 0 Å². The van der Waals surface area contributed by atoms with Gasteiger partial charge < -0.3 is 15.2 Å². The van der Waals surface area contributed by atoms with Crippen LogP contribution in [0.25, 0.3) is 0 Å². The van der Waals surface area contributed by atoms with Crippen molar-refractivity contribution >= 4 is 27.7 Å². The van der Waals surface area contributed by atoms with Crippen molar-refractivity contribution < 1.29 is 27.8 Å². The number of benzene rings is 1. The maximum atomic E-state index is 14.1. The summed E-state index contributed by atoms with van der Waals surface area (Å²) in [4.78, 5) is 22.1. The molecule has 35 heavy (non-hydrogen) atoms. The number of rotatable bonds is 6. The number of carboxylic acid groups (broad SMARTS) is 1. The highest BCUT2D eigenvalue weighted by Crippen LogP contribution is 2.46. The van der Waals surface area contributed by atoms with E-state index in [1.165, 1.54) is 7.11 Å². The zero-order valence-corrected chi connectivity index (χ0v) is 20.7. The van der Waals surface area contributed by atoms with Gasteiger partial charge in [-0.15, -0.1) is 0 Å². The normalized spacial score (nSPS) is 26.0. The van der Waals surface area contributed by atoms with Gasteiger partial charge in [0.05, 0.1) is 18.6 Å². The standard InChI is InChI=1S/C24H26BrF3N4O3/c1-35-21-18(11-32-12-23(22(33)34)9-7-13(32)8-10-23)29-19(24(26,27)28)20(31-21)30-17-6-5-14-15(17)3-2-4-16(14)25/h2-4,13,17H,5-12H2,1H3,(H,30,31)(H,33,34). The summed E-state index contributed by atoms with van der Waals surface area (Å²) < 4.78 is 48.6. The maximum Gasteiger partial charge on any atom is 0.437 e. The van der Waals surface area contributed by atoms with Gasteiger partial charge in [-0.2, -0.15) is 18.2 Å². The van der Waals surface area contributed by atoms with Gasteiger partial charge in [-0.05, 0) is 55.7 Å². The first-order valence-electron chi connectivity index (χ1n) is 11.6. The van der Waals surface area contributed by atoms with Gasteiger partial charge in [0.1, 0.15) is 5.69 Å². The molecule has 2 aromatic rings. The Morgan fingerprint density at radius 2 is 2.03 bits per heavy atom. The number of aromatic nitrogens is 2. The van der Waals surface area contributed by atoms with Crippen molar-refractivity contribution in [1.82, 2.24) is 14.9 Å². The third-order valence-electron chi connectivity index (χ3n) is 7.66. The van der Waals surface area contributed by atoms with Crippen LogP contribution >= 0.6 is 15.9 Å². The highest BCUT2D eigenvalue weighted by Gasteiger charge is 2.50. The minimum Gasteiger partial charge on any atom is -0.481 e. The topological polar surface area (TPSA) is 87.6 Å². The van der Waals surface area contributed by atoms with Crippen LogP contribution in [0.4, 0.5) is 19.0 Å². The first kappa shape index (κ1) is 24.3. The Hall–Kier alpha value is -2.40. The Balaban J connectivity index is 1.46. The molecule has 2 saturated heterocycles. The van der Waals surface area contributed by atoms with Crippen molar-refractivity contribution in [3.63, 3.8) is 0 Å². The van der Waals surface area contributed by atoms with Gasteiger partial charge in [0.25, 0.3) is 0 Å². The zero-order chi connectivity index (χ0) is 25.0. The number of nitrogens with one attached hydrogen (secondary N) is 1. The first-order valence-corrected chi connectivity index (χ1v) is 12.4. The molecular weight excluding hydrogens is 529 g/mol. The number of alkyl halides is 3. The molecule has 1 aromatic heterocycles. The minimum atomic E-state index is -4.72. The van der Waals surface area contributed by atoms with E-state index < -0.39 is 23.3 Å². The predicted octanol–water partition coefficient (Wildman–Crippen LogP) is 5.20. The van der Waals surface area contributed by atoms with Crippen LogP contribution in [0.15, 0.2) is 22.7 Å². The number of anilines is 1. The van der Waals surface area contributed by atoms with Crippen molar-refractivity contribution in [3.8, 4) is 5.88 Å². The second-order valence-corrected chi connectivity index (χ2v) is 10.5. The number of methoxy groups -OCH3 is 1. The average Bonchev–Trinajstić information content (AvgIpc) is 3.24. The van der Waals surface area contributed by atoms with Gasteiger partial charge in [0.15, 0.2) is 11.5 Å². The Bertz CT molecular complexity index is 1150. The van der Waals surface area contributed by atoms with E-state index in [1.54, 1.807) is 0 Å². The van der Waals surface area contributed by atoms with Crippen LogP contribution < -0.4 is 10.1 Å². The lowest BCUT2D eigenvalue weighted by Crippen LogP contribution is -2.56. The average molecular weight is 555 g/mol. The molecule has 3 fully saturated rings. The number of carbonyl (C=O) groups is 1. The molecule has 1 saturated carbocycles. The quantitative estimate of drug-likeness (QED) is 0.507. The third-order valence-corrected chi connectivity index (χ3v) is 8.40. The molecule has 0 spiro atoms. The maximum absolute atomic E-state index is 14.1. The van der Waals surface area contributed by atoms with Gasteiger partial charge in [0.2, 0.25) is 5.88 Å². The lowest BCUT2D eigenvalue weighted by Gasteiger charge is -2.50. The molecule has 188 valence electrons. The molecule has 11 heteroatoms. The van der Waals surface area contributed by atoms with Gasteiger partial charge in [0, 0.05) is 23.6 Å². The number of aliphatic carboxylic acids is 1. The molecule has 2 aliphatic heterocycles. The second kappa shape index (κ2) is 8.92. The van der Waals surface area contributed by atoms with E-state index in [4.69, 9.17) is 4.74 Å². The van der Waals surface area contributed by atoms with Crippen LogP contribution in [0.5, 0.6) is 5.88 Å². The smallest absolute Gasteiger partial charge is 0.437 e. The summed E-state index contributed by atoms with van der Waals surface area (Å²) in [5.41, 5.74) is 0.122. The van der Waals surface area contributed by atoms with Gasteiger partial charge in [-0.25, -0.2) is 4.98 Å². The first-order chi connectivity index (χ1) is 16.6. The fraction of sp³-hybridized carbons (Fsp3) is 0.542. The minimum absolute atomic E-state index is 0.0128. The molecular formula is C24H26BrF3N4O3. The summed E-state index contributed by atoms with van der Waals surface area (Å²) in [6, 6.07) is 5.46. The summed E-state index contributed by atoms with van der Waals surface area (Å²) in [6.45, 7) is 0.339. The van der Waals surface area contributed by atoms with Crippen molar-refractivity contribution in [3.05, 3.63) is 45.2 Å². The fourth-order valence-electron chi connectivity index (χ4n) is 5.80. The molecule has 3 heterocycles. The molecule has 0 amide bonds. The summed E-state index contributed by atoms with van der Waals surface area (Å²) in [6.07, 6.45) is -0.787. The number of fused-ring (bicyclic) bond motifs is 4. The molecule has 2 aliphatic carbocycles. The number of hydrogen-bond donors (Lipinski definition) is 2. The molecule has 4 aliphatic rings. The van der Waals surface area contributed by atoms with Crippen molar-refractivity contribution in [2.24, 2.45) is 5.41 Å². The van der Waals surface area contributed by atoms with E-state index in [0.717, 1.165) is 22.0 Å². The van der Waals surface area contributed by atoms with Crippen LogP contribution in [0.3, 0.4) is 0 Å². The molecule has 6 rings (SSSR count). The second-order valence-electron chi connectivity index (χ2n) is 9.64. The van der Waals surface area contributed by atoms with Crippen molar-refractivity contribution in [2.45, 2.75) is 63.3 Å². The fourth-order valence-corrected chi connectivity index (χ4v) is 6.38. The number of nitrogens with zero attached hydrogens (tertiary/aromatic N) is 3. The largest absolute Gasteiger partial charge is 0.481 e. The van der Waals surface area contributed by atoms with Gasteiger partial charge >= 0.3 is 12.1 Å². The number of ether oxygens (including phenoxy) is 1. The SMILES string of the molecule is COc1nc(NC2CCc3c(Br)cccc32)c(C(F)(F)F)nc1CN1CC2(C(=O)O)CCC1CC2. The molecule has 1 atom stereocenters. The van der Waals surface area contributed by atoms with Crippen LogP contribution in [0.1, 0.15) is 60.7 Å². The molecule has 1 aromatic carbocycles. The lowest BCUT2D eigenvalue weighted by atomic mass is 9.67. The van der Waals surface area contributed by atoms with Crippen molar-refractivity contribution in [1.29, 1.82) is 0 Å². The molecule has 2 N–H and O–H groups in total. The van der Waals surface area contributed by atoms with Gasteiger partial charge in [-0.1, -0.05) is 28.1 Å². The molecule has 0 radical (unpaired) electrons. The van der Waals surface area contributed by atoms with Crippen LogP contribution in [-0.4, -0.2) is 45.6 Å². The number of hydrogen-bond acceptors (Lipinski definition) is 6. The summed E-state index contributed by atoms with van der Waals surface area (Å²) >= 11 is 3.52. The highest BCUT2D eigenvalue weighted by atomic mass is 79.9. The van der Waals surface area contributed by atoms with E-state index in [0.29, 0.717) is 32.1 Å². The van der Waals surface area contributed by atoms with Gasteiger partial charge in [-0.3, -0.25) is 9.69 Å². The predicted molar refractivity (Wildman–Crippen MR) is 125 cm³/mol. The van der Waals surface area contributed by atoms with E-state index in [1.807, 2.05) is 23.1 Å². The Labute approximate surface area is 209 Å². The summed E-state index contributed by atoms with van der Waals surface area (Å²) in [7, 11) is 1.35. The molecule has 2 bridgehead atoms. The number of piperidine rings is 2. The lowest BCUT2D eigenvalue weighted by molar-refractivity contribution is -0.160. The number of halogens is 4. The molecule has 7 nitrogen and oxygen atoms in total. The number of carboxylic acids is 1. The van der Waals surface area contributed by atoms with E-state index in [-0.39, 0.29) is 42.6 Å². The highest BCUT2D eigenvalue weighted by molar-refractivity contribution is 9.10. The Morgan fingerprint density at radius 1 is 1.29 bits per heavy atom. The van der Waals surface area contributed by atoms with E-state index in [2.05, 4.69) is 31.2 Å². The zero-order valence-electron chi connectivity index (χ0n) is 19.2. The molecule has 1 unspecified atom stereocenters. The van der Waals surface area contributed by atoms with Crippen molar-refractivity contribution in [2.75, 3.05) is 19.0 Å². The van der Waals surface area contributed by atoms with E-state index >= 15 is 0 Å². The van der Waals surface area contributed by atoms with Crippen LogP contribution in [0, 0.1) is 5.41 Å². The Morgan fingerprint density at radius 3 is 2.69 bits per heavy atom. The Kier molecular flexibility index (Phi) is 6.19. The van der Waals surface area contributed by atoms with E-state index in [9.17, 15) is 23.1 Å². The monoisotopic (exact) mass is 554 g/mol.